The van der Waals surface area contributed by atoms with Gasteiger partial charge in [-0.3, -0.25) is 4.79 Å². The summed E-state index contributed by atoms with van der Waals surface area (Å²) in [5, 5.41) is 8.54. The molecule has 0 fully saturated rings. The summed E-state index contributed by atoms with van der Waals surface area (Å²) in [6.07, 6.45) is 25.2. The average Bonchev–Trinajstić information content (AvgIpc) is 3.34. The van der Waals surface area contributed by atoms with Crippen LogP contribution >= 0.6 is 0 Å². The molecule has 0 amide bonds. The molecule has 0 saturated heterocycles. The second-order valence-electron chi connectivity index (χ2n) is 6.25. The number of unbranched alkanes of at least 4 members (excludes halogenated alkanes) is 11. The Morgan fingerprint density at radius 3 is 1.91 bits per heavy atom. The van der Waals surface area contributed by atoms with Crippen molar-refractivity contribution in [2.75, 3.05) is 0 Å². The molecule has 1 rings (SSSR count). The smallest absolute Gasteiger partial charge is 0.303 e. The van der Waals surface area contributed by atoms with Crippen molar-refractivity contribution >= 4 is 5.97 Å². The summed E-state index contributed by atoms with van der Waals surface area (Å²) in [4.78, 5) is 10.4. The quantitative estimate of drug-likeness (QED) is 0.275. The number of rotatable bonds is 16. The van der Waals surface area contributed by atoms with E-state index in [0.29, 0.717) is 6.42 Å². The molecule has 0 aromatic rings. The first-order chi connectivity index (χ1) is 11.3. The summed E-state index contributed by atoms with van der Waals surface area (Å²) in [7, 11) is 0. The number of hydrogen-bond donors (Lipinski definition) is 1. The molecular formula is C20H32O3. The molecule has 3 nitrogen and oxygen atoms in total. The van der Waals surface area contributed by atoms with Crippen LogP contribution in [-0.4, -0.2) is 11.1 Å². The van der Waals surface area contributed by atoms with Gasteiger partial charge in [0.25, 0.3) is 0 Å². The zero-order chi connectivity index (χ0) is 16.6. The fourth-order valence-electron chi connectivity index (χ4n) is 2.57. The van der Waals surface area contributed by atoms with Crippen molar-refractivity contribution in [3.05, 3.63) is 36.3 Å². The maximum Gasteiger partial charge on any atom is 0.303 e. The van der Waals surface area contributed by atoms with E-state index in [9.17, 15) is 4.79 Å². The van der Waals surface area contributed by atoms with Crippen molar-refractivity contribution in [2.45, 2.75) is 83.5 Å². The molecule has 0 saturated carbocycles. The van der Waals surface area contributed by atoms with Gasteiger partial charge in [0.05, 0.1) is 0 Å². The van der Waals surface area contributed by atoms with Crippen molar-refractivity contribution in [1.29, 1.82) is 0 Å². The molecule has 23 heavy (non-hydrogen) atoms. The Morgan fingerprint density at radius 1 is 0.870 bits per heavy atom. The highest BCUT2D eigenvalue weighted by Crippen LogP contribution is 2.14. The molecule has 0 unspecified atom stereocenters. The molecule has 1 N–H and O–H groups in total. The summed E-state index contributed by atoms with van der Waals surface area (Å²) in [5.41, 5.74) is 0. The summed E-state index contributed by atoms with van der Waals surface area (Å²) < 4.78 is 4.89. The summed E-state index contributed by atoms with van der Waals surface area (Å²) in [6, 6.07) is 0. The minimum atomic E-state index is -0.664. The fraction of sp³-hybridized carbons (Fsp3) is 0.650. The number of carbonyl (C=O) groups is 1. The van der Waals surface area contributed by atoms with Crippen LogP contribution in [0, 0.1) is 0 Å². The van der Waals surface area contributed by atoms with Gasteiger partial charge in [0.15, 0.2) is 5.76 Å². The normalized spacial score (nSPS) is 13.5. The molecule has 0 atom stereocenters. The molecule has 3 heteroatoms. The average molecular weight is 320 g/mol. The van der Waals surface area contributed by atoms with Gasteiger partial charge in [-0.1, -0.05) is 76.0 Å². The van der Waals surface area contributed by atoms with Crippen molar-refractivity contribution in [3.8, 4) is 0 Å². The molecule has 1 aliphatic rings. The van der Waals surface area contributed by atoms with Crippen LogP contribution in [0.15, 0.2) is 36.3 Å². The van der Waals surface area contributed by atoms with E-state index >= 15 is 0 Å². The Kier molecular flexibility index (Phi) is 12.0. The van der Waals surface area contributed by atoms with Crippen LogP contribution in [0.5, 0.6) is 0 Å². The van der Waals surface area contributed by atoms with Gasteiger partial charge in [0.2, 0.25) is 0 Å². The summed E-state index contributed by atoms with van der Waals surface area (Å²) in [6.45, 7) is 0. The topological polar surface area (TPSA) is 49.8 Å². The number of aliphatic carboxylic acids is 1. The van der Waals surface area contributed by atoms with Crippen molar-refractivity contribution in [2.24, 2.45) is 0 Å². The number of hydrogen-bond acceptors (Lipinski definition) is 2. The van der Waals surface area contributed by atoms with Gasteiger partial charge in [0.1, 0.15) is 6.26 Å². The number of allylic oxidation sites excluding steroid dienone is 4. The number of carboxylic acids is 1. The third-order valence-corrected chi connectivity index (χ3v) is 4.02. The van der Waals surface area contributed by atoms with E-state index in [1.807, 2.05) is 12.2 Å². The largest absolute Gasteiger partial charge is 0.481 e. The third-order valence-electron chi connectivity index (χ3n) is 4.02. The minimum Gasteiger partial charge on any atom is -0.481 e. The van der Waals surface area contributed by atoms with Crippen molar-refractivity contribution < 1.29 is 14.6 Å². The monoisotopic (exact) mass is 320 g/mol. The zero-order valence-electron chi connectivity index (χ0n) is 14.3. The van der Waals surface area contributed by atoms with Gasteiger partial charge in [0, 0.05) is 6.42 Å². The van der Waals surface area contributed by atoms with Gasteiger partial charge in [-0.15, -0.1) is 0 Å². The van der Waals surface area contributed by atoms with Crippen LogP contribution in [0.25, 0.3) is 0 Å². The summed E-state index contributed by atoms with van der Waals surface area (Å²) in [5.74, 6) is 0.303. The SMILES string of the molecule is O=C(O)CCCCCCCCCCCCC/C=C\C=C\C1=CO1. The van der Waals surface area contributed by atoms with E-state index in [-0.39, 0.29) is 0 Å². The van der Waals surface area contributed by atoms with E-state index in [1.54, 1.807) is 6.26 Å². The van der Waals surface area contributed by atoms with Gasteiger partial charge >= 0.3 is 5.97 Å². The zero-order valence-corrected chi connectivity index (χ0v) is 14.3. The van der Waals surface area contributed by atoms with Crippen molar-refractivity contribution in [1.82, 2.24) is 0 Å². The van der Waals surface area contributed by atoms with E-state index in [0.717, 1.165) is 18.6 Å². The van der Waals surface area contributed by atoms with Crippen LogP contribution < -0.4 is 0 Å². The molecule has 0 radical (unpaired) electrons. The lowest BCUT2D eigenvalue weighted by molar-refractivity contribution is -0.137. The molecule has 0 aromatic heterocycles. The first-order valence-corrected chi connectivity index (χ1v) is 9.21. The number of carboxylic acid groups (broad SMARTS) is 1. The van der Waals surface area contributed by atoms with Gasteiger partial charge < -0.3 is 9.84 Å². The first kappa shape index (κ1) is 19.5. The minimum absolute atomic E-state index is 0.331. The number of ether oxygens (including phenoxy) is 1. The van der Waals surface area contributed by atoms with Crippen LogP contribution in [0.3, 0.4) is 0 Å². The maximum atomic E-state index is 10.4. The molecule has 0 bridgehead atoms. The van der Waals surface area contributed by atoms with E-state index < -0.39 is 5.97 Å². The Bertz CT molecular complexity index is 394. The second-order valence-corrected chi connectivity index (χ2v) is 6.25. The van der Waals surface area contributed by atoms with Gasteiger partial charge in [-0.05, 0) is 25.3 Å². The lowest BCUT2D eigenvalue weighted by Crippen LogP contribution is -1.93. The fourth-order valence-corrected chi connectivity index (χ4v) is 2.57. The third kappa shape index (κ3) is 15.2. The van der Waals surface area contributed by atoms with E-state index in [2.05, 4.69) is 12.2 Å². The lowest BCUT2D eigenvalue weighted by Gasteiger charge is -2.02. The van der Waals surface area contributed by atoms with Crippen LogP contribution in [0.2, 0.25) is 0 Å². The second kappa shape index (κ2) is 14.1. The van der Waals surface area contributed by atoms with Crippen molar-refractivity contribution in [3.63, 3.8) is 0 Å². The highest BCUT2D eigenvalue weighted by molar-refractivity contribution is 5.66. The Hall–Kier alpha value is -1.51. The standard InChI is InChI=1S/C20H32O3/c21-20(22)17-15-13-11-9-7-5-3-1-2-4-6-8-10-12-14-16-19-18-23-19/h10,12,14,16,18H,1-9,11,13,15,17H2,(H,21,22)/b12-10-,16-14+. The van der Waals surface area contributed by atoms with Crippen LogP contribution in [-0.2, 0) is 9.53 Å². The molecule has 0 aliphatic carbocycles. The molecule has 1 aliphatic heterocycles. The summed E-state index contributed by atoms with van der Waals surface area (Å²) >= 11 is 0. The molecule has 130 valence electrons. The highest BCUT2D eigenvalue weighted by atomic mass is 16.5. The molecular weight excluding hydrogens is 288 g/mol. The maximum absolute atomic E-state index is 10.4. The first-order valence-electron chi connectivity index (χ1n) is 9.21. The lowest BCUT2D eigenvalue weighted by atomic mass is 10.0. The Morgan fingerprint density at radius 2 is 1.39 bits per heavy atom. The molecule has 0 spiro atoms. The van der Waals surface area contributed by atoms with Crippen LogP contribution in [0.1, 0.15) is 83.5 Å². The Balaban J connectivity index is 1.69. The predicted molar refractivity (Wildman–Crippen MR) is 95.1 cm³/mol. The van der Waals surface area contributed by atoms with E-state index in [1.165, 1.54) is 64.2 Å². The highest BCUT2D eigenvalue weighted by Gasteiger charge is 2.01. The van der Waals surface area contributed by atoms with E-state index in [4.69, 9.17) is 9.84 Å². The Labute approximate surface area is 141 Å². The molecule has 0 aromatic carbocycles. The predicted octanol–water partition coefficient (Wildman–Crippen LogP) is 6.13. The van der Waals surface area contributed by atoms with Gasteiger partial charge in [-0.25, -0.2) is 0 Å². The molecule has 1 heterocycles. The van der Waals surface area contributed by atoms with Crippen LogP contribution in [0.4, 0.5) is 0 Å². The van der Waals surface area contributed by atoms with Gasteiger partial charge in [-0.2, -0.15) is 0 Å².